The predicted molar refractivity (Wildman–Crippen MR) is 115 cm³/mol. The molecule has 0 amide bonds. The predicted octanol–water partition coefficient (Wildman–Crippen LogP) is 5.00. The minimum Gasteiger partial charge on any atom is -0.497 e. The molecule has 152 valence electrons. The maximum Gasteiger partial charge on any atom is 0.175 e. The molecule has 5 heteroatoms. The molecule has 0 fully saturated rings. The van der Waals surface area contributed by atoms with E-state index in [1.165, 1.54) is 0 Å². The fourth-order valence-electron chi connectivity index (χ4n) is 3.65. The van der Waals surface area contributed by atoms with Crippen LogP contribution in [0.1, 0.15) is 34.3 Å². The average Bonchev–Trinajstić information content (AvgIpc) is 3.25. The van der Waals surface area contributed by atoms with Gasteiger partial charge in [-0.25, -0.2) is 0 Å². The molecule has 0 saturated heterocycles. The van der Waals surface area contributed by atoms with Gasteiger partial charge in [0, 0.05) is 12.0 Å². The van der Waals surface area contributed by atoms with Crippen LogP contribution in [0.2, 0.25) is 0 Å². The molecule has 0 aliphatic carbocycles. The summed E-state index contributed by atoms with van der Waals surface area (Å²) in [5.74, 6) is 1.49. The molecular formula is C25H23NO4. The summed E-state index contributed by atoms with van der Waals surface area (Å²) in [7, 11) is 3.24. The molecular weight excluding hydrogens is 378 g/mol. The number of carbonyl (C=O) groups is 1. The molecule has 3 aromatic rings. The van der Waals surface area contributed by atoms with Gasteiger partial charge in [0.25, 0.3) is 0 Å². The molecule has 1 unspecified atom stereocenters. The third kappa shape index (κ3) is 3.92. The molecule has 3 aromatic carbocycles. The number of ether oxygens (including phenoxy) is 2. The van der Waals surface area contributed by atoms with Crippen molar-refractivity contribution in [2.45, 2.75) is 18.4 Å². The van der Waals surface area contributed by atoms with Gasteiger partial charge in [-0.2, -0.15) is 0 Å². The van der Waals surface area contributed by atoms with Gasteiger partial charge >= 0.3 is 0 Å². The highest BCUT2D eigenvalue weighted by molar-refractivity contribution is 6.03. The number of carbonyl (C=O) groups excluding carboxylic acids is 1. The Morgan fingerprint density at radius 3 is 2.10 bits per heavy atom. The maximum atomic E-state index is 13.1. The Bertz CT molecular complexity index is 1040. The summed E-state index contributed by atoms with van der Waals surface area (Å²) in [6.45, 7) is 0. The second-order valence-corrected chi connectivity index (χ2v) is 7.22. The van der Waals surface area contributed by atoms with Crippen LogP contribution in [0.5, 0.6) is 11.5 Å². The number of hydrogen-bond acceptors (Lipinski definition) is 5. The number of ketones is 1. The molecule has 1 aliphatic heterocycles. The first-order valence-electron chi connectivity index (χ1n) is 9.76. The van der Waals surface area contributed by atoms with Crippen molar-refractivity contribution >= 4 is 11.5 Å². The molecule has 1 aliphatic rings. The first-order valence-corrected chi connectivity index (χ1v) is 9.76. The quantitative estimate of drug-likeness (QED) is 0.523. The largest absolute Gasteiger partial charge is 0.497 e. The van der Waals surface area contributed by atoms with E-state index in [2.05, 4.69) is 5.16 Å². The Kier molecular flexibility index (Phi) is 5.53. The molecule has 0 aromatic heterocycles. The van der Waals surface area contributed by atoms with Crippen molar-refractivity contribution in [3.05, 3.63) is 95.6 Å². The standard InChI is InChI=1S/C25H23NO4/c1-28-21-12-8-18(9-13-21)23-16-25(30-26-23,20-6-4-3-5-7-20)17-24(27)19-10-14-22(29-2)15-11-19/h3-15H,16-17H2,1-2H3. The van der Waals surface area contributed by atoms with Crippen molar-refractivity contribution in [1.82, 2.24) is 0 Å². The molecule has 0 bridgehead atoms. The number of benzene rings is 3. The van der Waals surface area contributed by atoms with Crippen molar-refractivity contribution in [2.24, 2.45) is 5.16 Å². The van der Waals surface area contributed by atoms with Gasteiger partial charge in [-0.15, -0.1) is 0 Å². The van der Waals surface area contributed by atoms with Crippen molar-refractivity contribution in [1.29, 1.82) is 0 Å². The van der Waals surface area contributed by atoms with Crippen LogP contribution in [0.25, 0.3) is 0 Å². The van der Waals surface area contributed by atoms with Crippen LogP contribution in [0.4, 0.5) is 0 Å². The van der Waals surface area contributed by atoms with E-state index >= 15 is 0 Å². The molecule has 0 spiro atoms. The topological polar surface area (TPSA) is 57.1 Å². The number of methoxy groups -OCH3 is 2. The van der Waals surface area contributed by atoms with Gasteiger partial charge in [0.2, 0.25) is 0 Å². The number of rotatable bonds is 7. The summed E-state index contributed by atoms with van der Waals surface area (Å²) in [6.07, 6.45) is 0.692. The van der Waals surface area contributed by atoms with Crippen LogP contribution in [0.3, 0.4) is 0 Å². The Morgan fingerprint density at radius 1 is 0.900 bits per heavy atom. The fraction of sp³-hybridized carbons (Fsp3) is 0.200. The van der Waals surface area contributed by atoms with E-state index in [1.54, 1.807) is 38.5 Å². The Hall–Kier alpha value is -3.60. The van der Waals surface area contributed by atoms with Gasteiger partial charge in [-0.05, 0) is 59.7 Å². The van der Waals surface area contributed by atoms with E-state index in [9.17, 15) is 4.79 Å². The summed E-state index contributed by atoms with van der Waals surface area (Å²) in [4.78, 5) is 19.1. The van der Waals surface area contributed by atoms with Crippen molar-refractivity contribution < 1.29 is 19.1 Å². The smallest absolute Gasteiger partial charge is 0.175 e. The third-order valence-electron chi connectivity index (χ3n) is 5.36. The van der Waals surface area contributed by atoms with Crippen LogP contribution in [0, 0.1) is 0 Å². The lowest BCUT2D eigenvalue weighted by molar-refractivity contribution is -0.0248. The number of Topliss-reactive ketones (excluding diaryl/α,β-unsaturated/α-hetero) is 1. The number of nitrogens with zero attached hydrogens (tertiary/aromatic N) is 1. The zero-order valence-corrected chi connectivity index (χ0v) is 17.0. The van der Waals surface area contributed by atoms with E-state index in [0.29, 0.717) is 17.7 Å². The normalized spacial score (nSPS) is 17.7. The summed E-state index contributed by atoms with van der Waals surface area (Å²) in [5, 5.41) is 4.37. The van der Waals surface area contributed by atoms with E-state index in [4.69, 9.17) is 14.3 Å². The van der Waals surface area contributed by atoms with Crippen molar-refractivity contribution in [3.63, 3.8) is 0 Å². The van der Waals surface area contributed by atoms with E-state index in [-0.39, 0.29) is 12.2 Å². The lowest BCUT2D eigenvalue weighted by Gasteiger charge is -2.26. The van der Waals surface area contributed by atoms with Crippen LogP contribution in [-0.2, 0) is 10.4 Å². The van der Waals surface area contributed by atoms with E-state index in [0.717, 1.165) is 22.6 Å². The SMILES string of the molecule is COc1ccc(C(=O)CC2(c3ccccc3)CC(c3ccc(OC)cc3)=NO2)cc1. The minimum atomic E-state index is -0.840. The first kappa shape index (κ1) is 19.7. The van der Waals surface area contributed by atoms with Gasteiger partial charge in [-0.3, -0.25) is 4.79 Å². The lowest BCUT2D eigenvalue weighted by Crippen LogP contribution is -2.30. The highest BCUT2D eigenvalue weighted by atomic mass is 16.7. The Labute approximate surface area is 175 Å². The van der Waals surface area contributed by atoms with Crippen molar-refractivity contribution in [3.8, 4) is 11.5 Å². The molecule has 0 saturated carbocycles. The van der Waals surface area contributed by atoms with Crippen LogP contribution < -0.4 is 9.47 Å². The lowest BCUT2D eigenvalue weighted by atomic mass is 9.82. The van der Waals surface area contributed by atoms with Crippen LogP contribution in [0.15, 0.2) is 84.0 Å². The van der Waals surface area contributed by atoms with Gasteiger partial charge in [0.15, 0.2) is 11.4 Å². The molecule has 30 heavy (non-hydrogen) atoms. The van der Waals surface area contributed by atoms with Gasteiger partial charge in [0.1, 0.15) is 11.5 Å². The average molecular weight is 401 g/mol. The van der Waals surface area contributed by atoms with E-state index < -0.39 is 5.60 Å². The highest BCUT2D eigenvalue weighted by Gasteiger charge is 2.43. The first-order chi connectivity index (χ1) is 14.6. The third-order valence-corrected chi connectivity index (χ3v) is 5.36. The fourth-order valence-corrected chi connectivity index (χ4v) is 3.65. The van der Waals surface area contributed by atoms with Crippen molar-refractivity contribution in [2.75, 3.05) is 14.2 Å². The highest BCUT2D eigenvalue weighted by Crippen LogP contribution is 2.40. The Balaban J connectivity index is 1.61. The van der Waals surface area contributed by atoms with Gasteiger partial charge < -0.3 is 14.3 Å². The zero-order valence-electron chi connectivity index (χ0n) is 17.0. The second-order valence-electron chi connectivity index (χ2n) is 7.22. The molecule has 0 N–H and O–H groups in total. The second kappa shape index (κ2) is 8.41. The molecule has 1 heterocycles. The minimum absolute atomic E-state index is 0.00677. The van der Waals surface area contributed by atoms with Crippen LogP contribution in [-0.4, -0.2) is 25.7 Å². The van der Waals surface area contributed by atoms with Gasteiger partial charge in [0.05, 0.1) is 26.4 Å². The Morgan fingerprint density at radius 2 is 1.50 bits per heavy atom. The monoisotopic (exact) mass is 401 g/mol. The number of oxime groups is 1. The molecule has 1 atom stereocenters. The molecule has 4 rings (SSSR count). The summed E-state index contributed by atoms with van der Waals surface area (Å²) in [6, 6.07) is 24.6. The summed E-state index contributed by atoms with van der Waals surface area (Å²) < 4.78 is 10.4. The molecule has 5 nitrogen and oxygen atoms in total. The maximum absolute atomic E-state index is 13.1. The van der Waals surface area contributed by atoms with E-state index in [1.807, 2.05) is 54.6 Å². The van der Waals surface area contributed by atoms with Gasteiger partial charge in [-0.1, -0.05) is 35.5 Å². The number of hydrogen-bond donors (Lipinski definition) is 0. The molecule has 0 radical (unpaired) electrons. The summed E-state index contributed by atoms with van der Waals surface area (Å²) >= 11 is 0. The zero-order chi connectivity index (χ0) is 21.0. The van der Waals surface area contributed by atoms with Crippen LogP contribution >= 0.6 is 0 Å². The summed E-state index contributed by atoms with van der Waals surface area (Å²) in [5.41, 5.74) is 2.47.